The first-order valence-electron chi connectivity index (χ1n) is 3.62. The van der Waals surface area contributed by atoms with Gasteiger partial charge in [0.05, 0.1) is 5.70 Å². The van der Waals surface area contributed by atoms with Gasteiger partial charge in [-0.1, -0.05) is 13.2 Å². The summed E-state index contributed by atoms with van der Waals surface area (Å²) in [5.41, 5.74) is 6.75. The van der Waals surface area contributed by atoms with Crippen molar-refractivity contribution in [2.75, 3.05) is 0 Å². The Hall–Kier alpha value is -1.51. The van der Waals surface area contributed by atoms with Crippen molar-refractivity contribution in [3.63, 3.8) is 0 Å². The maximum absolute atomic E-state index is 5.26. The summed E-state index contributed by atoms with van der Waals surface area (Å²) in [6, 6.07) is 0. The summed E-state index contributed by atoms with van der Waals surface area (Å²) in [7, 11) is 0. The molecular formula is C9H15N3. The Morgan fingerprint density at radius 1 is 1.50 bits per heavy atom. The number of amidine groups is 1. The normalized spacial score (nSPS) is 12.5. The van der Waals surface area contributed by atoms with Crippen LogP contribution < -0.4 is 11.1 Å². The molecule has 0 aliphatic heterocycles. The van der Waals surface area contributed by atoms with E-state index in [0.29, 0.717) is 5.70 Å². The zero-order chi connectivity index (χ0) is 9.56. The monoisotopic (exact) mass is 165 g/mol. The van der Waals surface area contributed by atoms with Crippen LogP contribution in [-0.2, 0) is 0 Å². The van der Waals surface area contributed by atoms with Crippen molar-refractivity contribution in [2.24, 2.45) is 10.7 Å². The Morgan fingerprint density at radius 3 is 2.50 bits per heavy atom. The number of hydrogen-bond acceptors (Lipinski definition) is 2. The summed E-state index contributed by atoms with van der Waals surface area (Å²) in [6.07, 6.45) is 3.07. The van der Waals surface area contributed by atoms with Crippen molar-refractivity contribution < 1.29 is 0 Å². The molecule has 0 atom stereocenters. The van der Waals surface area contributed by atoms with E-state index in [1.807, 2.05) is 13.8 Å². The number of nitrogens with zero attached hydrogens (tertiary/aromatic N) is 1. The predicted octanol–water partition coefficient (Wildman–Crippen LogP) is 1.51. The van der Waals surface area contributed by atoms with Crippen LogP contribution in [0.2, 0.25) is 0 Å². The third kappa shape index (κ3) is 4.33. The zero-order valence-electron chi connectivity index (χ0n) is 7.59. The highest BCUT2D eigenvalue weighted by Crippen LogP contribution is 1.93. The van der Waals surface area contributed by atoms with Crippen LogP contribution in [0, 0.1) is 0 Å². The Kier molecular flexibility index (Phi) is 4.53. The van der Waals surface area contributed by atoms with Gasteiger partial charge in [-0.25, -0.2) is 4.99 Å². The van der Waals surface area contributed by atoms with Gasteiger partial charge in [-0.2, -0.15) is 0 Å². The Morgan fingerprint density at radius 2 is 2.08 bits per heavy atom. The number of allylic oxidation sites excluding steroid dienone is 2. The lowest BCUT2D eigenvalue weighted by Crippen LogP contribution is -2.18. The molecule has 0 unspecified atom stereocenters. The van der Waals surface area contributed by atoms with Crippen LogP contribution in [0.4, 0.5) is 0 Å². The number of nitrogens with two attached hydrogens (primary N) is 1. The smallest absolute Gasteiger partial charge is 0.103 e. The fourth-order valence-electron chi connectivity index (χ4n) is 0.616. The second-order valence-corrected chi connectivity index (χ2v) is 2.37. The van der Waals surface area contributed by atoms with Crippen LogP contribution in [-0.4, -0.2) is 5.84 Å². The highest BCUT2D eigenvalue weighted by molar-refractivity contribution is 5.82. The fourth-order valence-corrected chi connectivity index (χ4v) is 0.616. The van der Waals surface area contributed by atoms with Gasteiger partial charge in [-0.3, -0.25) is 0 Å². The number of hydrogen-bond donors (Lipinski definition) is 2. The molecule has 3 heteroatoms. The van der Waals surface area contributed by atoms with Gasteiger partial charge in [0.1, 0.15) is 5.84 Å². The highest BCUT2D eigenvalue weighted by atomic mass is 15.0. The van der Waals surface area contributed by atoms with Gasteiger partial charge >= 0.3 is 0 Å². The average Bonchev–Trinajstić information content (AvgIpc) is 2.03. The summed E-state index contributed by atoms with van der Waals surface area (Å²) in [5.74, 6) is 0.749. The van der Waals surface area contributed by atoms with E-state index in [4.69, 9.17) is 5.73 Å². The number of nitrogens with one attached hydrogen (secondary N) is 1. The van der Waals surface area contributed by atoms with Crippen molar-refractivity contribution >= 4 is 5.84 Å². The summed E-state index contributed by atoms with van der Waals surface area (Å²) in [4.78, 5) is 4.08. The minimum atomic E-state index is 0.629. The third-order valence-electron chi connectivity index (χ3n) is 1.18. The minimum Gasteiger partial charge on any atom is -0.403 e. The number of aliphatic imine (C=N–C) groups is 1. The summed E-state index contributed by atoms with van der Waals surface area (Å²) < 4.78 is 0. The zero-order valence-corrected chi connectivity index (χ0v) is 7.59. The minimum absolute atomic E-state index is 0.629. The number of rotatable bonds is 3. The van der Waals surface area contributed by atoms with Gasteiger partial charge in [0.15, 0.2) is 0 Å². The largest absolute Gasteiger partial charge is 0.403 e. The SMILES string of the molecule is C=CC(=C)/N=C(\C)N/C(C)=C/N. The molecule has 0 amide bonds. The molecule has 0 radical (unpaired) electrons. The molecule has 0 aliphatic rings. The van der Waals surface area contributed by atoms with Gasteiger partial charge in [0, 0.05) is 11.9 Å². The molecule has 66 valence electrons. The molecule has 0 saturated carbocycles. The molecule has 0 fully saturated rings. The van der Waals surface area contributed by atoms with Crippen LogP contribution in [0.1, 0.15) is 13.8 Å². The van der Waals surface area contributed by atoms with Gasteiger partial charge in [-0.05, 0) is 19.9 Å². The van der Waals surface area contributed by atoms with E-state index in [9.17, 15) is 0 Å². The Bertz CT molecular complexity index is 236. The molecule has 0 heterocycles. The van der Waals surface area contributed by atoms with E-state index < -0.39 is 0 Å². The molecule has 0 aromatic rings. The highest BCUT2D eigenvalue weighted by Gasteiger charge is 1.90. The van der Waals surface area contributed by atoms with Crippen LogP contribution in [0.15, 0.2) is 41.8 Å². The first-order valence-corrected chi connectivity index (χ1v) is 3.62. The van der Waals surface area contributed by atoms with Crippen molar-refractivity contribution in [3.8, 4) is 0 Å². The lowest BCUT2D eigenvalue weighted by molar-refractivity contribution is 1.08. The molecular weight excluding hydrogens is 150 g/mol. The molecule has 0 bridgehead atoms. The van der Waals surface area contributed by atoms with E-state index >= 15 is 0 Å². The van der Waals surface area contributed by atoms with Crippen LogP contribution in [0.25, 0.3) is 0 Å². The van der Waals surface area contributed by atoms with Gasteiger partial charge < -0.3 is 11.1 Å². The summed E-state index contributed by atoms with van der Waals surface area (Å²) in [5, 5.41) is 2.97. The molecule has 0 aliphatic carbocycles. The lowest BCUT2D eigenvalue weighted by Gasteiger charge is -2.03. The maximum atomic E-state index is 5.26. The topological polar surface area (TPSA) is 50.4 Å². The molecule has 0 aromatic heterocycles. The van der Waals surface area contributed by atoms with Crippen molar-refractivity contribution in [2.45, 2.75) is 13.8 Å². The van der Waals surface area contributed by atoms with Crippen LogP contribution in [0.5, 0.6) is 0 Å². The summed E-state index contributed by atoms with van der Waals surface area (Å²) >= 11 is 0. The predicted molar refractivity (Wildman–Crippen MR) is 53.5 cm³/mol. The molecule has 0 spiro atoms. The standard InChI is InChI=1S/C9H15N3/c1-5-7(2)11-9(4)12-8(3)6-10/h5-6H,1-2,10H2,3-4H3,(H,11,12)/b8-6+. The maximum Gasteiger partial charge on any atom is 0.103 e. The van der Waals surface area contributed by atoms with Crippen molar-refractivity contribution in [1.82, 2.24) is 5.32 Å². The average molecular weight is 165 g/mol. The third-order valence-corrected chi connectivity index (χ3v) is 1.18. The van der Waals surface area contributed by atoms with Crippen LogP contribution >= 0.6 is 0 Å². The van der Waals surface area contributed by atoms with Gasteiger partial charge in [0.2, 0.25) is 0 Å². The van der Waals surface area contributed by atoms with E-state index in [1.165, 1.54) is 6.20 Å². The van der Waals surface area contributed by atoms with Gasteiger partial charge in [-0.15, -0.1) is 0 Å². The molecule has 12 heavy (non-hydrogen) atoms. The molecule has 0 rings (SSSR count). The first kappa shape index (κ1) is 10.5. The van der Waals surface area contributed by atoms with Crippen LogP contribution in [0.3, 0.4) is 0 Å². The summed E-state index contributed by atoms with van der Waals surface area (Å²) in [6.45, 7) is 10.9. The van der Waals surface area contributed by atoms with Crippen molar-refractivity contribution in [1.29, 1.82) is 0 Å². The molecule has 3 nitrogen and oxygen atoms in total. The van der Waals surface area contributed by atoms with E-state index in [2.05, 4.69) is 23.5 Å². The molecule has 0 aromatic carbocycles. The van der Waals surface area contributed by atoms with E-state index in [-0.39, 0.29) is 0 Å². The Balaban J connectivity index is 4.20. The van der Waals surface area contributed by atoms with Crippen molar-refractivity contribution in [3.05, 3.63) is 36.8 Å². The second kappa shape index (κ2) is 5.18. The molecule has 3 N–H and O–H groups in total. The lowest BCUT2D eigenvalue weighted by atomic mass is 10.4. The Labute approximate surface area is 73.4 Å². The fraction of sp³-hybridized carbons (Fsp3) is 0.222. The first-order chi connectivity index (χ1) is 5.60. The molecule has 0 saturated heterocycles. The van der Waals surface area contributed by atoms with E-state index in [0.717, 1.165) is 11.5 Å². The second-order valence-electron chi connectivity index (χ2n) is 2.37. The van der Waals surface area contributed by atoms with E-state index in [1.54, 1.807) is 6.08 Å². The van der Waals surface area contributed by atoms with Gasteiger partial charge in [0.25, 0.3) is 0 Å². The quantitative estimate of drug-likeness (QED) is 0.378.